The van der Waals surface area contributed by atoms with Crippen LogP contribution in [0.25, 0.3) is 0 Å². The van der Waals surface area contributed by atoms with Crippen molar-refractivity contribution in [1.82, 2.24) is 5.32 Å². The Labute approximate surface area is 102 Å². The minimum atomic E-state index is -0.341. The summed E-state index contributed by atoms with van der Waals surface area (Å²) < 4.78 is 14.1. The molecule has 0 spiro atoms. The van der Waals surface area contributed by atoms with Gasteiger partial charge in [0.2, 0.25) is 0 Å². The molecule has 1 aliphatic rings. The van der Waals surface area contributed by atoms with Crippen LogP contribution in [-0.2, 0) is 6.42 Å². The van der Waals surface area contributed by atoms with Crippen LogP contribution >= 0.6 is 27.5 Å². The normalized spacial score (nSPS) is 20.9. The van der Waals surface area contributed by atoms with Crippen molar-refractivity contribution >= 4 is 27.5 Å². The third-order valence-electron chi connectivity index (χ3n) is 2.74. The van der Waals surface area contributed by atoms with Crippen LogP contribution in [0.2, 0.25) is 5.02 Å². The quantitative estimate of drug-likeness (QED) is 0.824. The maximum absolute atomic E-state index is 13.3. The number of halogens is 3. The first kappa shape index (κ1) is 11.4. The molecule has 1 heterocycles. The van der Waals surface area contributed by atoms with E-state index in [1.54, 1.807) is 0 Å². The second kappa shape index (κ2) is 4.81. The molecule has 0 radical (unpaired) electrons. The number of hydrogen-bond acceptors (Lipinski definition) is 1. The molecule has 1 saturated heterocycles. The van der Waals surface area contributed by atoms with Crippen LogP contribution in [0, 0.1) is 11.7 Å². The van der Waals surface area contributed by atoms with Crippen LogP contribution in [0.5, 0.6) is 0 Å². The second-order valence-electron chi connectivity index (χ2n) is 3.92. The summed E-state index contributed by atoms with van der Waals surface area (Å²) in [6, 6.07) is 3.31. The Morgan fingerprint density at radius 1 is 1.53 bits per heavy atom. The molecule has 4 heteroatoms. The first-order chi connectivity index (χ1) is 7.16. The Kier molecular flexibility index (Phi) is 3.65. The molecule has 15 heavy (non-hydrogen) atoms. The molecule has 1 aliphatic heterocycles. The molecule has 0 bridgehead atoms. The predicted octanol–water partition coefficient (Wildman–Crippen LogP) is 3.39. The Balaban J connectivity index is 2.19. The van der Waals surface area contributed by atoms with Gasteiger partial charge >= 0.3 is 0 Å². The molecule has 1 fully saturated rings. The smallest absolute Gasteiger partial charge is 0.143 e. The third kappa shape index (κ3) is 2.71. The fourth-order valence-electron chi connectivity index (χ4n) is 1.96. The number of benzene rings is 1. The number of hydrogen-bond donors (Lipinski definition) is 1. The highest BCUT2D eigenvalue weighted by atomic mass is 79.9. The standard InChI is InChI=1S/C11H12BrClFN/c12-9-4-8(11(13)10(14)5-9)3-7-1-2-15-6-7/h4-5,7,15H,1-3,6H2. The topological polar surface area (TPSA) is 12.0 Å². The lowest BCUT2D eigenvalue weighted by atomic mass is 9.98. The van der Waals surface area contributed by atoms with Crippen molar-refractivity contribution in [3.05, 3.63) is 33.0 Å². The highest BCUT2D eigenvalue weighted by Gasteiger charge is 2.17. The molecule has 82 valence electrons. The van der Waals surface area contributed by atoms with Gasteiger partial charge in [-0.1, -0.05) is 27.5 Å². The first-order valence-electron chi connectivity index (χ1n) is 5.01. The molecule has 0 amide bonds. The minimum Gasteiger partial charge on any atom is -0.316 e. The van der Waals surface area contributed by atoms with Gasteiger partial charge in [-0.2, -0.15) is 0 Å². The van der Waals surface area contributed by atoms with E-state index < -0.39 is 0 Å². The molecular formula is C11H12BrClFN. The minimum absolute atomic E-state index is 0.269. The van der Waals surface area contributed by atoms with Gasteiger partial charge in [0, 0.05) is 4.47 Å². The SMILES string of the molecule is Fc1cc(Br)cc(CC2CCNC2)c1Cl. The summed E-state index contributed by atoms with van der Waals surface area (Å²) in [6.45, 7) is 2.06. The monoisotopic (exact) mass is 291 g/mol. The molecule has 2 rings (SSSR count). The van der Waals surface area contributed by atoms with Gasteiger partial charge in [0.05, 0.1) is 5.02 Å². The van der Waals surface area contributed by atoms with Crippen molar-refractivity contribution < 1.29 is 4.39 Å². The third-order valence-corrected chi connectivity index (χ3v) is 3.62. The Bertz CT molecular complexity index is 364. The first-order valence-corrected chi connectivity index (χ1v) is 6.18. The van der Waals surface area contributed by atoms with Crippen LogP contribution in [0.4, 0.5) is 4.39 Å². The van der Waals surface area contributed by atoms with Crippen molar-refractivity contribution in [2.24, 2.45) is 5.92 Å². The lowest BCUT2D eigenvalue weighted by Crippen LogP contribution is -2.11. The molecule has 1 nitrogen and oxygen atoms in total. The van der Waals surface area contributed by atoms with Gasteiger partial charge in [-0.25, -0.2) is 4.39 Å². The summed E-state index contributed by atoms with van der Waals surface area (Å²) in [7, 11) is 0. The van der Waals surface area contributed by atoms with Crippen LogP contribution in [0.1, 0.15) is 12.0 Å². The van der Waals surface area contributed by atoms with Gasteiger partial charge in [-0.3, -0.25) is 0 Å². The summed E-state index contributed by atoms with van der Waals surface area (Å²) in [5.41, 5.74) is 0.900. The van der Waals surface area contributed by atoms with Crippen molar-refractivity contribution in [1.29, 1.82) is 0 Å². The van der Waals surface area contributed by atoms with Gasteiger partial charge in [-0.05, 0) is 49.5 Å². The summed E-state index contributed by atoms with van der Waals surface area (Å²) in [6.07, 6.45) is 1.99. The molecule has 0 aliphatic carbocycles. The van der Waals surface area contributed by atoms with E-state index in [4.69, 9.17) is 11.6 Å². The Morgan fingerprint density at radius 2 is 2.33 bits per heavy atom. The van der Waals surface area contributed by atoms with Crippen molar-refractivity contribution in [3.8, 4) is 0 Å². The zero-order chi connectivity index (χ0) is 10.8. The van der Waals surface area contributed by atoms with E-state index in [0.717, 1.165) is 36.0 Å². The van der Waals surface area contributed by atoms with Gasteiger partial charge < -0.3 is 5.32 Å². The molecule has 1 N–H and O–H groups in total. The average Bonchev–Trinajstić information content (AvgIpc) is 2.66. The molecule has 1 aromatic rings. The van der Waals surface area contributed by atoms with E-state index in [1.165, 1.54) is 6.07 Å². The average molecular weight is 293 g/mol. The van der Waals surface area contributed by atoms with E-state index in [2.05, 4.69) is 21.2 Å². The zero-order valence-electron chi connectivity index (χ0n) is 8.19. The largest absolute Gasteiger partial charge is 0.316 e. The van der Waals surface area contributed by atoms with Crippen LogP contribution in [0.3, 0.4) is 0 Å². The van der Waals surface area contributed by atoms with E-state index in [-0.39, 0.29) is 10.8 Å². The van der Waals surface area contributed by atoms with Crippen LogP contribution < -0.4 is 5.32 Å². The summed E-state index contributed by atoms with van der Waals surface area (Å²) >= 11 is 9.21. The molecule has 1 aromatic carbocycles. The zero-order valence-corrected chi connectivity index (χ0v) is 10.5. The van der Waals surface area contributed by atoms with Crippen molar-refractivity contribution in [2.75, 3.05) is 13.1 Å². The maximum atomic E-state index is 13.3. The highest BCUT2D eigenvalue weighted by Crippen LogP contribution is 2.28. The lowest BCUT2D eigenvalue weighted by molar-refractivity contribution is 0.573. The van der Waals surface area contributed by atoms with Crippen molar-refractivity contribution in [3.63, 3.8) is 0 Å². The Hall–Kier alpha value is -0.120. The summed E-state index contributed by atoms with van der Waals surface area (Å²) in [5, 5.41) is 3.56. The number of nitrogens with one attached hydrogen (secondary N) is 1. The van der Waals surface area contributed by atoms with E-state index in [1.807, 2.05) is 6.07 Å². The molecule has 1 unspecified atom stereocenters. The summed E-state index contributed by atoms with van der Waals surface area (Å²) in [4.78, 5) is 0. The Morgan fingerprint density at radius 3 is 3.00 bits per heavy atom. The van der Waals surface area contributed by atoms with Gasteiger partial charge in [0.25, 0.3) is 0 Å². The molecule has 1 atom stereocenters. The van der Waals surface area contributed by atoms with Crippen LogP contribution in [0.15, 0.2) is 16.6 Å². The van der Waals surface area contributed by atoms with Gasteiger partial charge in [-0.15, -0.1) is 0 Å². The van der Waals surface area contributed by atoms with E-state index in [9.17, 15) is 4.39 Å². The van der Waals surface area contributed by atoms with Crippen molar-refractivity contribution in [2.45, 2.75) is 12.8 Å². The molecule has 0 saturated carbocycles. The lowest BCUT2D eigenvalue weighted by Gasteiger charge is -2.10. The number of rotatable bonds is 2. The van der Waals surface area contributed by atoms with Gasteiger partial charge in [0.15, 0.2) is 0 Å². The molecule has 0 aromatic heterocycles. The molecular weight excluding hydrogens is 280 g/mol. The fraction of sp³-hybridized carbons (Fsp3) is 0.455. The van der Waals surface area contributed by atoms with E-state index >= 15 is 0 Å². The summed E-state index contributed by atoms with van der Waals surface area (Å²) in [5.74, 6) is 0.239. The fourth-order valence-corrected chi connectivity index (χ4v) is 2.62. The maximum Gasteiger partial charge on any atom is 0.143 e. The van der Waals surface area contributed by atoms with Gasteiger partial charge in [0.1, 0.15) is 5.82 Å². The highest BCUT2D eigenvalue weighted by molar-refractivity contribution is 9.10. The predicted molar refractivity (Wildman–Crippen MR) is 63.8 cm³/mol. The van der Waals surface area contributed by atoms with Crippen LogP contribution in [-0.4, -0.2) is 13.1 Å². The van der Waals surface area contributed by atoms with E-state index in [0.29, 0.717) is 5.92 Å². The second-order valence-corrected chi connectivity index (χ2v) is 5.22.